The van der Waals surface area contributed by atoms with E-state index in [1.807, 2.05) is 6.07 Å². The predicted molar refractivity (Wildman–Crippen MR) is 84.4 cm³/mol. The standard InChI is InChI=1S/C15H19Cl2NO4/c1-20-6-7-21-10-15(19)18-4-5-22-14(9-18)11-2-3-12(16)13(17)8-11/h2-3,8,14H,4-7,9-10H2,1H3/t14-/m1/s1. The molecule has 22 heavy (non-hydrogen) atoms. The Balaban J connectivity index is 1.90. The fourth-order valence-electron chi connectivity index (χ4n) is 2.18. The van der Waals surface area contributed by atoms with E-state index in [2.05, 4.69) is 0 Å². The summed E-state index contributed by atoms with van der Waals surface area (Å²) >= 11 is 11.9. The predicted octanol–water partition coefficient (Wildman–Crippen LogP) is 2.56. The lowest BCUT2D eigenvalue weighted by molar-refractivity contribution is -0.144. The maximum Gasteiger partial charge on any atom is 0.248 e. The number of morpholine rings is 1. The summed E-state index contributed by atoms with van der Waals surface area (Å²) in [4.78, 5) is 13.9. The fraction of sp³-hybridized carbons (Fsp3) is 0.533. The number of carbonyl (C=O) groups is 1. The first kappa shape index (κ1) is 17.5. The molecular formula is C15H19Cl2NO4. The molecule has 1 atom stereocenters. The molecule has 0 saturated carbocycles. The average Bonchev–Trinajstić information content (AvgIpc) is 2.54. The van der Waals surface area contributed by atoms with E-state index in [4.69, 9.17) is 37.4 Å². The van der Waals surface area contributed by atoms with Gasteiger partial charge in [0, 0.05) is 13.7 Å². The number of hydrogen-bond acceptors (Lipinski definition) is 4. The zero-order chi connectivity index (χ0) is 15.9. The molecule has 1 aliphatic heterocycles. The number of methoxy groups -OCH3 is 1. The van der Waals surface area contributed by atoms with E-state index in [0.29, 0.717) is 43.0 Å². The van der Waals surface area contributed by atoms with Crippen LogP contribution in [0.25, 0.3) is 0 Å². The summed E-state index contributed by atoms with van der Waals surface area (Å²) in [7, 11) is 1.59. The van der Waals surface area contributed by atoms with Gasteiger partial charge in [0.15, 0.2) is 0 Å². The molecule has 2 rings (SSSR count). The van der Waals surface area contributed by atoms with Gasteiger partial charge in [-0.1, -0.05) is 29.3 Å². The van der Waals surface area contributed by atoms with E-state index < -0.39 is 0 Å². The van der Waals surface area contributed by atoms with Gasteiger partial charge in [0.1, 0.15) is 12.7 Å². The molecule has 0 N–H and O–H groups in total. The van der Waals surface area contributed by atoms with Crippen molar-refractivity contribution in [3.8, 4) is 0 Å². The second kappa shape index (κ2) is 8.70. The van der Waals surface area contributed by atoms with Crippen LogP contribution in [-0.4, -0.2) is 57.4 Å². The Labute approximate surface area is 140 Å². The highest BCUT2D eigenvalue weighted by Crippen LogP contribution is 2.29. The summed E-state index contributed by atoms with van der Waals surface area (Å²) in [5, 5.41) is 0.981. The van der Waals surface area contributed by atoms with E-state index in [1.54, 1.807) is 24.1 Å². The van der Waals surface area contributed by atoms with Crippen molar-refractivity contribution >= 4 is 29.1 Å². The van der Waals surface area contributed by atoms with Crippen LogP contribution in [0.4, 0.5) is 0 Å². The number of amides is 1. The Kier molecular flexibility index (Phi) is 6.92. The van der Waals surface area contributed by atoms with Crippen LogP contribution in [0.1, 0.15) is 11.7 Å². The summed E-state index contributed by atoms with van der Waals surface area (Å²) in [6.07, 6.45) is -0.202. The minimum absolute atomic E-state index is 0.0514. The Morgan fingerprint density at radius 3 is 2.91 bits per heavy atom. The lowest BCUT2D eigenvalue weighted by atomic mass is 10.1. The molecule has 1 saturated heterocycles. The highest BCUT2D eigenvalue weighted by atomic mass is 35.5. The molecule has 1 aromatic rings. The van der Waals surface area contributed by atoms with Crippen molar-refractivity contribution in [3.63, 3.8) is 0 Å². The Morgan fingerprint density at radius 1 is 1.36 bits per heavy atom. The summed E-state index contributed by atoms with van der Waals surface area (Å²) in [5.41, 5.74) is 0.909. The van der Waals surface area contributed by atoms with E-state index in [1.165, 1.54) is 0 Å². The molecule has 0 aromatic heterocycles. The first-order valence-electron chi connectivity index (χ1n) is 7.03. The molecule has 0 unspecified atom stereocenters. The molecule has 0 radical (unpaired) electrons. The molecule has 1 heterocycles. The van der Waals surface area contributed by atoms with Crippen molar-refractivity contribution in [2.45, 2.75) is 6.10 Å². The zero-order valence-corrected chi connectivity index (χ0v) is 13.9. The highest BCUT2D eigenvalue weighted by Gasteiger charge is 2.25. The van der Waals surface area contributed by atoms with Gasteiger partial charge in [-0.2, -0.15) is 0 Å². The van der Waals surface area contributed by atoms with Gasteiger partial charge in [-0.25, -0.2) is 0 Å². The third-order valence-electron chi connectivity index (χ3n) is 3.39. The van der Waals surface area contributed by atoms with Crippen LogP contribution in [0.5, 0.6) is 0 Å². The first-order chi connectivity index (χ1) is 10.6. The van der Waals surface area contributed by atoms with Crippen molar-refractivity contribution < 1.29 is 19.0 Å². The fourth-order valence-corrected chi connectivity index (χ4v) is 2.49. The molecule has 0 bridgehead atoms. The van der Waals surface area contributed by atoms with E-state index in [0.717, 1.165) is 5.56 Å². The molecule has 0 aliphatic carbocycles. The van der Waals surface area contributed by atoms with Gasteiger partial charge in [-0.15, -0.1) is 0 Å². The van der Waals surface area contributed by atoms with E-state index in [-0.39, 0.29) is 18.6 Å². The number of benzene rings is 1. The van der Waals surface area contributed by atoms with Crippen LogP contribution >= 0.6 is 23.2 Å². The number of hydrogen-bond donors (Lipinski definition) is 0. The second-order valence-electron chi connectivity index (χ2n) is 4.92. The molecule has 0 spiro atoms. The zero-order valence-electron chi connectivity index (χ0n) is 12.4. The Morgan fingerprint density at radius 2 is 2.18 bits per heavy atom. The number of halogens is 2. The number of carbonyl (C=O) groups excluding carboxylic acids is 1. The highest BCUT2D eigenvalue weighted by molar-refractivity contribution is 6.42. The maximum absolute atomic E-state index is 12.1. The minimum atomic E-state index is -0.202. The molecule has 1 amide bonds. The quantitative estimate of drug-likeness (QED) is 0.742. The van der Waals surface area contributed by atoms with Gasteiger partial charge >= 0.3 is 0 Å². The molecule has 1 aromatic carbocycles. The summed E-state index contributed by atoms with van der Waals surface area (Å²) in [6, 6.07) is 5.37. The lowest BCUT2D eigenvalue weighted by Gasteiger charge is -2.33. The first-order valence-corrected chi connectivity index (χ1v) is 7.78. The molecular weight excluding hydrogens is 329 g/mol. The van der Waals surface area contributed by atoms with Crippen molar-refractivity contribution in [2.24, 2.45) is 0 Å². The van der Waals surface area contributed by atoms with E-state index in [9.17, 15) is 4.79 Å². The minimum Gasteiger partial charge on any atom is -0.382 e. The number of rotatable bonds is 6. The summed E-state index contributed by atoms with van der Waals surface area (Å²) in [5.74, 6) is -0.0514. The van der Waals surface area contributed by atoms with Crippen LogP contribution in [0.3, 0.4) is 0 Å². The van der Waals surface area contributed by atoms with Crippen LogP contribution in [-0.2, 0) is 19.0 Å². The van der Waals surface area contributed by atoms with Crippen LogP contribution < -0.4 is 0 Å². The molecule has 7 heteroatoms. The number of ether oxygens (including phenoxy) is 3. The topological polar surface area (TPSA) is 48.0 Å². The van der Waals surface area contributed by atoms with Crippen molar-refractivity contribution in [1.29, 1.82) is 0 Å². The van der Waals surface area contributed by atoms with Gasteiger partial charge in [0.05, 0.1) is 36.4 Å². The van der Waals surface area contributed by atoms with Gasteiger partial charge in [0.25, 0.3) is 0 Å². The van der Waals surface area contributed by atoms with Gasteiger partial charge in [0.2, 0.25) is 5.91 Å². The maximum atomic E-state index is 12.1. The normalized spacial score (nSPS) is 18.5. The SMILES string of the molecule is COCCOCC(=O)N1CCO[C@@H](c2ccc(Cl)c(Cl)c2)C1. The van der Waals surface area contributed by atoms with Crippen molar-refractivity contribution in [2.75, 3.05) is 46.6 Å². The number of nitrogens with zero attached hydrogens (tertiary/aromatic N) is 1. The lowest BCUT2D eigenvalue weighted by Crippen LogP contribution is -2.44. The van der Waals surface area contributed by atoms with Crippen LogP contribution in [0.15, 0.2) is 18.2 Å². The van der Waals surface area contributed by atoms with Gasteiger partial charge < -0.3 is 19.1 Å². The third kappa shape index (κ3) is 4.83. The van der Waals surface area contributed by atoms with Crippen LogP contribution in [0, 0.1) is 0 Å². The largest absolute Gasteiger partial charge is 0.382 e. The average molecular weight is 348 g/mol. The Bertz CT molecular complexity index is 512. The smallest absolute Gasteiger partial charge is 0.248 e. The summed E-state index contributed by atoms with van der Waals surface area (Å²) in [6.45, 7) is 2.45. The summed E-state index contributed by atoms with van der Waals surface area (Å²) < 4.78 is 15.9. The second-order valence-corrected chi connectivity index (χ2v) is 5.73. The van der Waals surface area contributed by atoms with Crippen LogP contribution in [0.2, 0.25) is 10.0 Å². The molecule has 5 nitrogen and oxygen atoms in total. The Hall–Kier alpha value is -0.850. The van der Waals surface area contributed by atoms with Crippen molar-refractivity contribution in [3.05, 3.63) is 33.8 Å². The monoisotopic (exact) mass is 347 g/mol. The molecule has 1 aliphatic rings. The third-order valence-corrected chi connectivity index (χ3v) is 4.13. The van der Waals surface area contributed by atoms with Gasteiger partial charge in [-0.3, -0.25) is 4.79 Å². The molecule has 122 valence electrons. The van der Waals surface area contributed by atoms with Gasteiger partial charge in [-0.05, 0) is 17.7 Å². The molecule has 1 fully saturated rings. The van der Waals surface area contributed by atoms with E-state index >= 15 is 0 Å². The van der Waals surface area contributed by atoms with Crippen molar-refractivity contribution in [1.82, 2.24) is 4.90 Å².